The molecule has 1 fully saturated rings. The van der Waals surface area contributed by atoms with Crippen LogP contribution < -0.4 is 5.32 Å². The van der Waals surface area contributed by atoms with Gasteiger partial charge in [0, 0.05) is 19.1 Å². The first kappa shape index (κ1) is 17.0. The third kappa shape index (κ3) is 4.55. The van der Waals surface area contributed by atoms with Crippen molar-refractivity contribution in [2.45, 2.75) is 51.7 Å². The number of hydrogen-bond acceptors (Lipinski definition) is 3. The highest BCUT2D eigenvalue weighted by Crippen LogP contribution is 2.23. The molecule has 0 bridgehead atoms. The van der Waals surface area contributed by atoms with Crippen molar-refractivity contribution in [1.29, 1.82) is 0 Å². The number of aliphatic hydroxyl groups excluding tert-OH is 1. The van der Waals surface area contributed by atoms with Crippen molar-refractivity contribution >= 4 is 5.91 Å². The lowest BCUT2D eigenvalue weighted by atomic mass is 9.92. The first-order valence-electron chi connectivity index (χ1n) is 8.24. The molecule has 1 saturated heterocycles. The number of aliphatic hydroxyl groups is 1. The van der Waals surface area contributed by atoms with Crippen LogP contribution in [-0.4, -0.2) is 30.3 Å². The average molecular weight is 305 g/mol. The fraction of sp³-hybridized carbons (Fsp3) is 0.611. The molecule has 1 aromatic carbocycles. The van der Waals surface area contributed by atoms with Crippen LogP contribution in [0.2, 0.25) is 0 Å². The molecule has 2 N–H and O–H groups in total. The summed E-state index contributed by atoms with van der Waals surface area (Å²) in [5, 5.41) is 13.1. The summed E-state index contributed by atoms with van der Waals surface area (Å²) in [4.78, 5) is 12.3. The highest BCUT2D eigenvalue weighted by atomic mass is 16.5. The first-order valence-corrected chi connectivity index (χ1v) is 8.24. The minimum absolute atomic E-state index is 0.00868. The van der Waals surface area contributed by atoms with Gasteiger partial charge in [0.2, 0.25) is 5.91 Å². The smallest absolute Gasteiger partial charge is 0.223 e. The van der Waals surface area contributed by atoms with Crippen LogP contribution in [0.5, 0.6) is 0 Å². The van der Waals surface area contributed by atoms with E-state index >= 15 is 0 Å². The maximum Gasteiger partial charge on any atom is 0.223 e. The summed E-state index contributed by atoms with van der Waals surface area (Å²) in [6.45, 7) is 5.02. The van der Waals surface area contributed by atoms with Gasteiger partial charge in [-0.2, -0.15) is 0 Å². The number of aryl methyl sites for hydroxylation is 1. The van der Waals surface area contributed by atoms with E-state index in [-0.39, 0.29) is 24.5 Å². The molecule has 1 aliphatic heterocycles. The second kappa shape index (κ2) is 8.30. The molecule has 0 saturated carbocycles. The van der Waals surface area contributed by atoms with E-state index in [1.165, 1.54) is 0 Å². The molecule has 122 valence electrons. The average Bonchev–Trinajstić information content (AvgIpc) is 2.53. The molecule has 22 heavy (non-hydrogen) atoms. The van der Waals surface area contributed by atoms with Gasteiger partial charge in [-0.25, -0.2) is 0 Å². The summed E-state index contributed by atoms with van der Waals surface area (Å²) in [6.07, 6.45) is 3.19. The quantitative estimate of drug-likeness (QED) is 0.849. The molecule has 0 spiro atoms. The number of hydrogen-bond donors (Lipinski definition) is 2. The SMILES string of the molecule is CCCC1CC(C(=O)NCC(O)c2ccccc2C)CCO1. The largest absolute Gasteiger partial charge is 0.387 e. The van der Waals surface area contributed by atoms with Gasteiger partial charge in [0.05, 0.1) is 12.2 Å². The van der Waals surface area contributed by atoms with Gasteiger partial charge in [-0.3, -0.25) is 4.79 Å². The molecule has 1 aliphatic rings. The number of amides is 1. The molecule has 4 nitrogen and oxygen atoms in total. The van der Waals surface area contributed by atoms with Crippen LogP contribution in [-0.2, 0) is 9.53 Å². The number of rotatable bonds is 6. The molecule has 0 aromatic heterocycles. The fourth-order valence-corrected chi connectivity index (χ4v) is 3.05. The highest BCUT2D eigenvalue weighted by molar-refractivity contribution is 5.78. The zero-order valence-corrected chi connectivity index (χ0v) is 13.5. The maximum absolute atomic E-state index is 12.3. The molecular weight excluding hydrogens is 278 g/mol. The van der Waals surface area contributed by atoms with Gasteiger partial charge >= 0.3 is 0 Å². The Morgan fingerprint density at radius 2 is 2.23 bits per heavy atom. The topological polar surface area (TPSA) is 58.6 Å². The van der Waals surface area contributed by atoms with Crippen LogP contribution in [0.25, 0.3) is 0 Å². The van der Waals surface area contributed by atoms with Gasteiger partial charge in [0.15, 0.2) is 0 Å². The Hall–Kier alpha value is -1.39. The molecule has 1 amide bonds. The lowest BCUT2D eigenvalue weighted by Crippen LogP contribution is -2.39. The van der Waals surface area contributed by atoms with E-state index in [0.29, 0.717) is 6.61 Å². The Morgan fingerprint density at radius 1 is 1.45 bits per heavy atom. The second-order valence-electron chi connectivity index (χ2n) is 6.12. The van der Waals surface area contributed by atoms with Gasteiger partial charge in [-0.05, 0) is 37.3 Å². The Labute approximate surface area is 132 Å². The van der Waals surface area contributed by atoms with Gasteiger partial charge in [0.1, 0.15) is 0 Å². The van der Waals surface area contributed by atoms with Crippen LogP contribution in [0, 0.1) is 12.8 Å². The van der Waals surface area contributed by atoms with Gasteiger partial charge in [-0.1, -0.05) is 37.6 Å². The van der Waals surface area contributed by atoms with E-state index in [9.17, 15) is 9.90 Å². The molecule has 3 atom stereocenters. The van der Waals surface area contributed by atoms with E-state index in [0.717, 1.165) is 36.8 Å². The van der Waals surface area contributed by atoms with E-state index in [2.05, 4.69) is 12.2 Å². The zero-order chi connectivity index (χ0) is 15.9. The third-order valence-corrected chi connectivity index (χ3v) is 4.37. The third-order valence-electron chi connectivity index (χ3n) is 4.37. The standard InChI is InChI=1S/C18H27NO3/c1-3-6-15-11-14(9-10-22-15)18(21)19-12-17(20)16-8-5-4-7-13(16)2/h4-5,7-8,14-15,17,20H,3,6,9-12H2,1-2H3,(H,19,21). The van der Waals surface area contributed by atoms with E-state index in [4.69, 9.17) is 4.74 Å². The Balaban J connectivity index is 1.83. The van der Waals surface area contributed by atoms with Crippen LogP contribution in [0.1, 0.15) is 49.8 Å². The van der Waals surface area contributed by atoms with Crippen LogP contribution >= 0.6 is 0 Å². The second-order valence-corrected chi connectivity index (χ2v) is 6.12. The van der Waals surface area contributed by atoms with Gasteiger partial charge in [-0.15, -0.1) is 0 Å². The molecular formula is C18H27NO3. The van der Waals surface area contributed by atoms with Crippen LogP contribution in [0.15, 0.2) is 24.3 Å². The monoisotopic (exact) mass is 305 g/mol. The molecule has 0 aliphatic carbocycles. The molecule has 1 heterocycles. The number of ether oxygens (including phenoxy) is 1. The molecule has 3 unspecified atom stereocenters. The van der Waals surface area contributed by atoms with Crippen LogP contribution in [0.4, 0.5) is 0 Å². The molecule has 0 radical (unpaired) electrons. The van der Waals surface area contributed by atoms with Crippen molar-refractivity contribution in [3.05, 3.63) is 35.4 Å². The Morgan fingerprint density at radius 3 is 2.95 bits per heavy atom. The zero-order valence-electron chi connectivity index (χ0n) is 13.5. The van der Waals surface area contributed by atoms with Crippen molar-refractivity contribution < 1.29 is 14.6 Å². The number of carbonyl (C=O) groups excluding carboxylic acids is 1. The predicted molar refractivity (Wildman–Crippen MR) is 86.5 cm³/mol. The highest BCUT2D eigenvalue weighted by Gasteiger charge is 2.27. The summed E-state index contributed by atoms with van der Waals surface area (Å²) in [6, 6.07) is 7.72. The molecule has 2 rings (SSSR count). The summed E-state index contributed by atoms with van der Waals surface area (Å²) in [5.41, 5.74) is 1.91. The number of nitrogens with one attached hydrogen (secondary N) is 1. The van der Waals surface area contributed by atoms with Crippen molar-refractivity contribution in [3.63, 3.8) is 0 Å². The molecule has 1 aromatic rings. The van der Waals surface area contributed by atoms with Crippen molar-refractivity contribution in [2.75, 3.05) is 13.2 Å². The summed E-state index contributed by atoms with van der Waals surface area (Å²) in [5.74, 6) is 0.0476. The lowest BCUT2D eigenvalue weighted by Gasteiger charge is -2.29. The van der Waals surface area contributed by atoms with Crippen molar-refractivity contribution in [3.8, 4) is 0 Å². The fourth-order valence-electron chi connectivity index (χ4n) is 3.05. The van der Waals surface area contributed by atoms with E-state index < -0.39 is 6.10 Å². The lowest BCUT2D eigenvalue weighted by molar-refractivity contribution is -0.130. The van der Waals surface area contributed by atoms with E-state index in [1.807, 2.05) is 31.2 Å². The predicted octanol–water partition coefficient (Wildman–Crippen LogP) is 2.74. The van der Waals surface area contributed by atoms with Crippen LogP contribution in [0.3, 0.4) is 0 Å². The minimum Gasteiger partial charge on any atom is -0.387 e. The van der Waals surface area contributed by atoms with Gasteiger partial charge in [0.25, 0.3) is 0 Å². The summed E-state index contributed by atoms with van der Waals surface area (Å²) in [7, 11) is 0. The molecule has 4 heteroatoms. The summed E-state index contributed by atoms with van der Waals surface area (Å²) < 4.78 is 5.68. The van der Waals surface area contributed by atoms with E-state index in [1.54, 1.807) is 0 Å². The number of carbonyl (C=O) groups is 1. The van der Waals surface area contributed by atoms with Gasteiger partial charge < -0.3 is 15.2 Å². The van der Waals surface area contributed by atoms with Crippen molar-refractivity contribution in [1.82, 2.24) is 5.32 Å². The Kier molecular flexibility index (Phi) is 6.40. The number of benzene rings is 1. The maximum atomic E-state index is 12.3. The first-order chi connectivity index (χ1) is 10.6. The Bertz CT molecular complexity index is 487. The minimum atomic E-state index is -0.656. The van der Waals surface area contributed by atoms with Crippen molar-refractivity contribution in [2.24, 2.45) is 5.92 Å². The summed E-state index contributed by atoms with van der Waals surface area (Å²) >= 11 is 0. The normalized spacial score (nSPS) is 23.0.